The van der Waals surface area contributed by atoms with Crippen LogP contribution in [0.5, 0.6) is 5.75 Å². The van der Waals surface area contributed by atoms with Crippen molar-refractivity contribution in [2.45, 2.75) is 25.8 Å². The summed E-state index contributed by atoms with van der Waals surface area (Å²) in [6, 6.07) is 11.1. The average molecular weight is 432 g/mol. The molecule has 0 atom stereocenters. The van der Waals surface area contributed by atoms with Gasteiger partial charge in [-0.05, 0) is 55.2 Å². The van der Waals surface area contributed by atoms with Crippen molar-refractivity contribution in [3.05, 3.63) is 60.2 Å². The lowest BCUT2D eigenvalue weighted by molar-refractivity contribution is 0.411. The molecule has 32 heavy (non-hydrogen) atoms. The number of ether oxygens (including phenoxy) is 1. The number of benzene rings is 2. The van der Waals surface area contributed by atoms with Gasteiger partial charge < -0.3 is 20.4 Å². The number of halogens is 1. The fourth-order valence-electron chi connectivity index (χ4n) is 4.38. The Bertz CT molecular complexity index is 1280. The van der Waals surface area contributed by atoms with Crippen LogP contribution in [0, 0.1) is 12.7 Å². The number of aromatic nitrogens is 3. The van der Waals surface area contributed by atoms with Gasteiger partial charge in [-0.15, -0.1) is 0 Å². The number of pyridine rings is 1. The van der Waals surface area contributed by atoms with Gasteiger partial charge in [0, 0.05) is 43.2 Å². The zero-order valence-electron chi connectivity index (χ0n) is 18.2. The molecule has 164 valence electrons. The predicted molar refractivity (Wildman–Crippen MR) is 125 cm³/mol. The Balaban J connectivity index is 1.71. The number of anilines is 1. The Morgan fingerprint density at radius 1 is 1.09 bits per heavy atom. The smallest absolute Gasteiger partial charge is 0.142 e. The number of aryl methyl sites for hydroxylation is 1. The molecular weight excluding hydrogens is 405 g/mol. The third kappa shape index (κ3) is 3.80. The summed E-state index contributed by atoms with van der Waals surface area (Å²) in [5.41, 5.74) is 12.6. The van der Waals surface area contributed by atoms with Crippen molar-refractivity contribution in [3.8, 4) is 28.3 Å². The van der Waals surface area contributed by atoms with Gasteiger partial charge in [-0.1, -0.05) is 6.07 Å². The molecule has 1 aliphatic heterocycles. The number of rotatable bonds is 4. The fraction of sp³-hybridized carbons (Fsp3) is 0.280. The minimum absolute atomic E-state index is 0.198. The predicted octanol–water partition coefficient (Wildman–Crippen LogP) is 4.68. The summed E-state index contributed by atoms with van der Waals surface area (Å²) in [6.07, 6.45) is 5.41. The summed E-state index contributed by atoms with van der Waals surface area (Å²) in [5.74, 6) is 0.861. The molecule has 0 radical (unpaired) electrons. The number of nitrogens with one attached hydrogen (secondary N) is 1. The number of imidazole rings is 1. The first-order valence-electron chi connectivity index (χ1n) is 10.8. The molecule has 0 aliphatic carbocycles. The topological polar surface area (TPSA) is 80.1 Å². The maximum Gasteiger partial charge on any atom is 0.142 e. The third-order valence-electron chi connectivity index (χ3n) is 6.09. The SMILES string of the molecule is COc1cc(F)cc(-c2cncc(-c3nc4cc(C)ccc4[nH]3)c2N2CCC(N)CC2)c1. The van der Waals surface area contributed by atoms with E-state index in [9.17, 15) is 4.39 Å². The minimum atomic E-state index is -0.351. The lowest BCUT2D eigenvalue weighted by Crippen LogP contribution is -2.40. The number of aromatic amines is 1. The van der Waals surface area contributed by atoms with Gasteiger partial charge in [-0.2, -0.15) is 0 Å². The highest BCUT2D eigenvalue weighted by molar-refractivity contribution is 5.91. The molecule has 0 amide bonds. The van der Waals surface area contributed by atoms with E-state index in [0.29, 0.717) is 11.3 Å². The summed E-state index contributed by atoms with van der Waals surface area (Å²) in [5, 5.41) is 0. The van der Waals surface area contributed by atoms with Crippen molar-refractivity contribution in [2.24, 2.45) is 5.73 Å². The standard InChI is InChI=1S/C25H26FN5O/c1-15-3-4-22-23(9-15)30-25(29-22)21-14-28-13-20(16-10-17(26)12-19(11-16)32-2)24(21)31-7-5-18(27)6-8-31/h3-4,9-14,18H,5-8,27H2,1-2H3,(H,29,30). The van der Waals surface area contributed by atoms with Crippen molar-refractivity contribution in [2.75, 3.05) is 25.1 Å². The van der Waals surface area contributed by atoms with E-state index in [1.165, 1.54) is 19.2 Å². The van der Waals surface area contributed by atoms with E-state index in [-0.39, 0.29) is 11.9 Å². The summed E-state index contributed by atoms with van der Waals surface area (Å²) >= 11 is 0. The number of H-pyrrole nitrogens is 1. The molecule has 1 fully saturated rings. The Kier molecular flexibility index (Phi) is 5.27. The lowest BCUT2D eigenvalue weighted by atomic mass is 9.98. The van der Waals surface area contributed by atoms with Crippen molar-refractivity contribution < 1.29 is 9.13 Å². The van der Waals surface area contributed by atoms with Gasteiger partial charge in [0.25, 0.3) is 0 Å². The molecule has 3 N–H and O–H groups in total. The minimum Gasteiger partial charge on any atom is -0.497 e. The summed E-state index contributed by atoms with van der Waals surface area (Å²) in [6.45, 7) is 3.68. The number of nitrogens with zero attached hydrogens (tertiary/aromatic N) is 3. The summed E-state index contributed by atoms with van der Waals surface area (Å²) in [4.78, 5) is 15.1. The number of piperidine rings is 1. The van der Waals surface area contributed by atoms with Crippen LogP contribution in [0.15, 0.2) is 48.8 Å². The third-order valence-corrected chi connectivity index (χ3v) is 6.09. The first kappa shape index (κ1) is 20.5. The second kappa shape index (κ2) is 8.24. The molecule has 3 heterocycles. The molecule has 1 saturated heterocycles. The maximum atomic E-state index is 14.4. The van der Waals surface area contributed by atoms with Crippen molar-refractivity contribution in [1.82, 2.24) is 15.0 Å². The van der Waals surface area contributed by atoms with Gasteiger partial charge >= 0.3 is 0 Å². The van der Waals surface area contributed by atoms with Crippen LogP contribution >= 0.6 is 0 Å². The molecule has 0 spiro atoms. The Morgan fingerprint density at radius 3 is 2.66 bits per heavy atom. The zero-order chi connectivity index (χ0) is 22.2. The number of methoxy groups -OCH3 is 1. The van der Waals surface area contributed by atoms with Crippen LogP contribution in [0.25, 0.3) is 33.5 Å². The van der Waals surface area contributed by atoms with Gasteiger partial charge in [0.15, 0.2) is 0 Å². The van der Waals surface area contributed by atoms with E-state index in [4.69, 9.17) is 15.5 Å². The highest BCUT2D eigenvalue weighted by Gasteiger charge is 2.24. The molecule has 2 aromatic carbocycles. The van der Waals surface area contributed by atoms with E-state index < -0.39 is 0 Å². The van der Waals surface area contributed by atoms with Crippen LogP contribution in [0.4, 0.5) is 10.1 Å². The fourth-order valence-corrected chi connectivity index (χ4v) is 4.38. The molecule has 0 bridgehead atoms. The average Bonchev–Trinajstić information content (AvgIpc) is 3.22. The van der Waals surface area contributed by atoms with Crippen LogP contribution in [-0.2, 0) is 0 Å². The van der Waals surface area contributed by atoms with Gasteiger partial charge in [-0.3, -0.25) is 4.98 Å². The number of fused-ring (bicyclic) bond motifs is 1. The van der Waals surface area contributed by atoms with E-state index in [0.717, 1.165) is 65.2 Å². The number of hydrogen-bond donors (Lipinski definition) is 2. The highest BCUT2D eigenvalue weighted by Crippen LogP contribution is 2.40. The summed E-state index contributed by atoms with van der Waals surface area (Å²) < 4.78 is 19.7. The zero-order valence-corrected chi connectivity index (χ0v) is 18.2. The molecule has 6 nitrogen and oxygen atoms in total. The lowest BCUT2D eigenvalue weighted by Gasteiger charge is -2.34. The van der Waals surface area contributed by atoms with Crippen LogP contribution in [0.3, 0.4) is 0 Å². The number of nitrogens with two attached hydrogens (primary N) is 1. The van der Waals surface area contributed by atoms with Gasteiger partial charge in [0.05, 0.1) is 29.4 Å². The van der Waals surface area contributed by atoms with Crippen molar-refractivity contribution in [3.63, 3.8) is 0 Å². The van der Waals surface area contributed by atoms with Crippen LogP contribution in [0.2, 0.25) is 0 Å². The quantitative estimate of drug-likeness (QED) is 0.491. The molecule has 2 aromatic heterocycles. The van der Waals surface area contributed by atoms with Crippen LogP contribution in [0.1, 0.15) is 18.4 Å². The normalized spacial score (nSPS) is 14.8. The Morgan fingerprint density at radius 2 is 1.88 bits per heavy atom. The second-order valence-corrected chi connectivity index (χ2v) is 8.39. The molecule has 7 heteroatoms. The Labute approximate surface area is 186 Å². The summed E-state index contributed by atoms with van der Waals surface area (Å²) in [7, 11) is 1.54. The first-order chi connectivity index (χ1) is 15.5. The molecule has 4 aromatic rings. The molecule has 0 saturated carbocycles. The molecule has 1 aliphatic rings. The monoisotopic (exact) mass is 431 g/mol. The van der Waals surface area contributed by atoms with E-state index in [1.54, 1.807) is 6.20 Å². The van der Waals surface area contributed by atoms with Crippen LogP contribution < -0.4 is 15.4 Å². The van der Waals surface area contributed by atoms with Crippen LogP contribution in [-0.4, -0.2) is 41.2 Å². The number of hydrogen-bond acceptors (Lipinski definition) is 5. The van der Waals surface area contributed by atoms with Gasteiger partial charge in [-0.25, -0.2) is 9.37 Å². The van der Waals surface area contributed by atoms with Crippen molar-refractivity contribution in [1.29, 1.82) is 0 Å². The highest BCUT2D eigenvalue weighted by atomic mass is 19.1. The van der Waals surface area contributed by atoms with Gasteiger partial charge in [0.1, 0.15) is 17.4 Å². The van der Waals surface area contributed by atoms with Crippen molar-refractivity contribution >= 4 is 16.7 Å². The van der Waals surface area contributed by atoms with E-state index in [2.05, 4.69) is 33.9 Å². The van der Waals surface area contributed by atoms with Gasteiger partial charge in [0.2, 0.25) is 0 Å². The second-order valence-electron chi connectivity index (χ2n) is 8.39. The van der Waals surface area contributed by atoms with E-state index in [1.807, 2.05) is 18.3 Å². The maximum absolute atomic E-state index is 14.4. The molecule has 0 unspecified atom stereocenters. The van der Waals surface area contributed by atoms with E-state index >= 15 is 0 Å². The largest absolute Gasteiger partial charge is 0.497 e. The Hall–Kier alpha value is -3.45. The molecule has 5 rings (SSSR count). The molecular formula is C25H26FN5O. The first-order valence-corrected chi connectivity index (χ1v) is 10.8.